The topological polar surface area (TPSA) is 72.1 Å². The summed E-state index contributed by atoms with van der Waals surface area (Å²) in [6.07, 6.45) is 6.41. The zero-order valence-corrected chi connectivity index (χ0v) is 14.9. The average Bonchev–Trinajstić information content (AvgIpc) is 2.87. The van der Waals surface area contributed by atoms with Crippen LogP contribution in [0.5, 0.6) is 11.5 Å². The molecule has 1 aromatic rings. The summed E-state index contributed by atoms with van der Waals surface area (Å²) in [5.74, 6) is 1.85. The lowest BCUT2D eigenvalue weighted by atomic mass is 10.2. The van der Waals surface area contributed by atoms with Crippen LogP contribution >= 0.6 is 0 Å². The van der Waals surface area contributed by atoms with E-state index in [9.17, 15) is 0 Å². The van der Waals surface area contributed by atoms with Crippen molar-refractivity contribution in [3.05, 3.63) is 18.2 Å². The van der Waals surface area contributed by atoms with E-state index >= 15 is 0 Å². The molecule has 0 unspecified atom stereocenters. The second-order valence-corrected chi connectivity index (χ2v) is 6.07. The molecule has 1 aliphatic heterocycles. The van der Waals surface area contributed by atoms with Crippen molar-refractivity contribution in [1.29, 1.82) is 0 Å². The van der Waals surface area contributed by atoms with Gasteiger partial charge in [-0.3, -0.25) is 4.99 Å². The largest absolute Gasteiger partial charge is 0.497 e. The third kappa shape index (κ3) is 5.92. The first-order valence-electron chi connectivity index (χ1n) is 8.74. The summed E-state index contributed by atoms with van der Waals surface area (Å²) in [7, 11) is 3.26. The molecule has 0 atom stereocenters. The molecule has 1 fully saturated rings. The predicted octanol–water partition coefficient (Wildman–Crippen LogP) is 2.70. The monoisotopic (exact) mass is 334 g/mol. The maximum absolute atomic E-state index is 5.99. The van der Waals surface area contributed by atoms with Gasteiger partial charge in [0.05, 0.1) is 19.9 Å². The number of aliphatic imine (C=N–C) groups is 1. The van der Waals surface area contributed by atoms with E-state index in [2.05, 4.69) is 15.2 Å². The molecule has 0 spiro atoms. The lowest BCUT2D eigenvalue weighted by Crippen LogP contribution is -2.27. The molecule has 1 saturated heterocycles. The minimum atomic E-state index is 0.400. The smallest absolute Gasteiger partial charge is 0.193 e. The number of rotatable bonds is 7. The quantitative estimate of drug-likeness (QED) is 0.456. The molecule has 1 heterocycles. The average molecular weight is 334 g/mol. The lowest BCUT2D eigenvalue weighted by molar-refractivity contribution is 0.283. The number of ether oxygens (including phenoxy) is 2. The summed E-state index contributed by atoms with van der Waals surface area (Å²) in [5, 5.41) is 3.09. The molecule has 6 nitrogen and oxygen atoms in total. The normalized spacial score (nSPS) is 16.5. The van der Waals surface area contributed by atoms with Crippen molar-refractivity contribution in [1.82, 2.24) is 4.90 Å². The summed E-state index contributed by atoms with van der Waals surface area (Å²) < 4.78 is 10.6. The van der Waals surface area contributed by atoms with Gasteiger partial charge in [0, 0.05) is 12.6 Å². The Balaban J connectivity index is 1.81. The van der Waals surface area contributed by atoms with Gasteiger partial charge in [-0.25, -0.2) is 0 Å². The van der Waals surface area contributed by atoms with Gasteiger partial charge in [-0.15, -0.1) is 0 Å². The first-order valence-corrected chi connectivity index (χ1v) is 8.74. The fraction of sp³-hybridized carbons (Fsp3) is 0.611. The van der Waals surface area contributed by atoms with E-state index < -0.39 is 0 Å². The molecule has 6 heteroatoms. The van der Waals surface area contributed by atoms with Gasteiger partial charge < -0.3 is 25.4 Å². The molecule has 0 bridgehead atoms. The van der Waals surface area contributed by atoms with Crippen molar-refractivity contribution in [3.8, 4) is 11.5 Å². The molecule has 1 aliphatic rings. The number of likely N-dealkylation sites (tertiary alicyclic amines) is 1. The third-order valence-electron chi connectivity index (χ3n) is 4.28. The second kappa shape index (κ2) is 10.0. The Bertz CT molecular complexity index is 526. The van der Waals surface area contributed by atoms with Gasteiger partial charge in [-0.1, -0.05) is 12.8 Å². The highest BCUT2D eigenvalue weighted by Crippen LogP contribution is 2.28. The minimum Gasteiger partial charge on any atom is -0.497 e. The van der Waals surface area contributed by atoms with Gasteiger partial charge in [-0.2, -0.15) is 0 Å². The van der Waals surface area contributed by atoms with Crippen molar-refractivity contribution in [3.63, 3.8) is 0 Å². The van der Waals surface area contributed by atoms with Gasteiger partial charge in [0.15, 0.2) is 5.96 Å². The van der Waals surface area contributed by atoms with Crippen LogP contribution in [0.2, 0.25) is 0 Å². The summed E-state index contributed by atoms with van der Waals surface area (Å²) in [4.78, 5) is 6.96. The summed E-state index contributed by atoms with van der Waals surface area (Å²) in [5.41, 5.74) is 6.75. The van der Waals surface area contributed by atoms with Crippen LogP contribution in [0.4, 0.5) is 5.69 Å². The maximum Gasteiger partial charge on any atom is 0.193 e. The van der Waals surface area contributed by atoms with Crippen molar-refractivity contribution in [2.24, 2.45) is 10.7 Å². The zero-order valence-electron chi connectivity index (χ0n) is 14.9. The minimum absolute atomic E-state index is 0.400. The summed E-state index contributed by atoms with van der Waals surface area (Å²) in [6.45, 7) is 4.26. The Morgan fingerprint density at radius 3 is 2.58 bits per heavy atom. The fourth-order valence-electron chi connectivity index (χ4n) is 2.94. The molecule has 2 rings (SSSR count). The van der Waals surface area contributed by atoms with Gasteiger partial charge in [0.25, 0.3) is 0 Å². The molecule has 3 N–H and O–H groups in total. The number of nitrogens with two attached hydrogens (primary N) is 1. The second-order valence-electron chi connectivity index (χ2n) is 6.07. The highest BCUT2D eigenvalue weighted by Gasteiger charge is 2.08. The van der Waals surface area contributed by atoms with Crippen molar-refractivity contribution >= 4 is 11.6 Å². The molecule has 24 heavy (non-hydrogen) atoms. The zero-order chi connectivity index (χ0) is 17.2. The van der Waals surface area contributed by atoms with Crippen molar-refractivity contribution < 1.29 is 9.47 Å². The van der Waals surface area contributed by atoms with Crippen LogP contribution in [0.25, 0.3) is 0 Å². The van der Waals surface area contributed by atoms with E-state index in [-0.39, 0.29) is 0 Å². The number of guanidine groups is 1. The van der Waals surface area contributed by atoms with Crippen LogP contribution in [0, 0.1) is 0 Å². The van der Waals surface area contributed by atoms with Crippen LogP contribution in [-0.2, 0) is 0 Å². The Labute approximate surface area is 145 Å². The van der Waals surface area contributed by atoms with E-state index in [0.29, 0.717) is 11.7 Å². The lowest BCUT2D eigenvalue weighted by Gasteiger charge is -2.18. The van der Waals surface area contributed by atoms with Gasteiger partial charge in [0.2, 0.25) is 0 Å². The standard InChI is InChI=1S/C18H30N4O2/c1-23-15-8-9-17(24-2)16(14-15)21-18(19)20-10-7-13-22-11-5-3-4-6-12-22/h8-9,14H,3-7,10-13H2,1-2H3,(H3,19,20,21). The van der Waals surface area contributed by atoms with E-state index in [4.69, 9.17) is 15.2 Å². The number of nitrogens with zero attached hydrogens (tertiary/aromatic N) is 2. The van der Waals surface area contributed by atoms with E-state index in [1.54, 1.807) is 14.2 Å². The van der Waals surface area contributed by atoms with Gasteiger partial charge >= 0.3 is 0 Å². The Morgan fingerprint density at radius 1 is 1.17 bits per heavy atom. The Hall–Kier alpha value is -1.95. The van der Waals surface area contributed by atoms with E-state index in [1.807, 2.05) is 18.2 Å². The fourth-order valence-corrected chi connectivity index (χ4v) is 2.94. The molecule has 0 amide bonds. The molecule has 0 radical (unpaired) electrons. The van der Waals surface area contributed by atoms with Crippen molar-refractivity contribution in [2.45, 2.75) is 32.1 Å². The summed E-state index contributed by atoms with van der Waals surface area (Å²) in [6, 6.07) is 5.53. The van der Waals surface area contributed by atoms with Crippen LogP contribution < -0.4 is 20.5 Å². The third-order valence-corrected chi connectivity index (χ3v) is 4.28. The van der Waals surface area contributed by atoms with Crippen LogP contribution in [0.15, 0.2) is 23.2 Å². The van der Waals surface area contributed by atoms with Gasteiger partial charge in [0.1, 0.15) is 11.5 Å². The SMILES string of the molecule is COc1ccc(OC)c(NC(N)=NCCCN2CCCCCC2)c1. The number of nitrogens with one attached hydrogen (secondary N) is 1. The Morgan fingerprint density at radius 2 is 1.92 bits per heavy atom. The molecular weight excluding hydrogens is 304 g/mol. The number of hydrogen-bond acceptors (Lipinski definition) is 4. The molecule has 0 aromatic heterocycles. The number of anilines is 1. The van der Waals surface area contributed by atoms with E-state index in [0.717, 1.165) is 30.9 Å². The highest BCUT2D eigenvalue weighted by molar-refractivity contribution is 5.93. The molecule has 1 aromatic carbocycles. The molecule has 0 saturated carbocycles. The van der Waals surface area contributed by atoms with Crippen LogP contribution in [-0.4, -0.2) is 51.3 Å². The predicted molar refractivity (Wildman–Crippen MR) is 99.2 cm³/mol. The molecule has 0 aliphatic carbocycles. The van der Waals surface area contributed by atoms with Gasteiger partial charge in [-0.05, 0) is 51.0 Å². The molecule has 134 valence electrons. The number of methoxy groups -OCH3 is 2. The maximum atomic E-state index is 5.99. The van der Waals surface area contributed by atoms with Crippen LogP contribution in [0.3, 0.4) is 0 Å². The van der Waals surface area contributed by atoms with Crippen molar-refractivity contribution in [2.75, 3.05) is 45.7 Å². The van der Waals surface area contributed by atoms with E-state index in [1.165, 1.54) is 38.8 Å². The highest BCUT2D eigenvalue weighted by atomic mass is 16.5. The number of benzene rings is 1. The summed E-state index contributed by atoms with van der Waals surface area (Å²) >= 11 is 0. The molecular formula is C18H30N4O2. The number of hydrogen-bond donors (Lipinski definition) is 2. The first-order chi connectivity index (χ1) is 11.7. The first kappa shape index (κ1) is 18.4. The van der Waals surface area contributed by atoms with Crippen LogP contribution in [0.1, 0.15) is 32.1 Å². The Kier molecular flexibility index (Phi) is 7.68.